The van der Waals surface area contributed by atoms with Crippen LogP contribution in [0.3, 0.4) is 0 Å². The summed E-state index contributed by atoms with van der Waals surface area (Å²) in [6, 6.07) is 0. The van der Waals surface area contributed by atoms with Crippen molar-refractivity contribution in [3.63, 3.8) is 0 Å². The van der Waals surface area contributed by atoms with E-state index in [9.17, 15) is 19.5 Å². The smallest absolute Gasteiger partial charge is 0.334 e. The summed E-state index contributed by atoms with van der Waals surface area (Å²) >= 11 is 0. The molecular weight excluding hydrogens is 412 g/mol. The van der Waals surface area contributed by atoms with E-state index in [1.165, 1.54) is 0 Å². The molecule has 1 heterocycles. The third kappa shape index (κ3) is 7.33. The molecule has 0 radical (unpaired) electrons. The Morgan fingerprint density at radius 1 is 1.19 bits per heavy atom. The van der Waals surface area contributed by atoms with Crippen LogP contribution in [-0.4, -0.2) is 47.9 Å². The highest BCUT2D eigenvalue weighted by Gasteiger charge is 2.45. The summed E-state index contributed by atoms with van der Waals surface area (Å²) in [7, 11) is 0. The summed E-state index contributed by atoms with van der Waals surface area (Å²) < 4.78 is 16.7. The number of ether oxygens (including phenoxy) is 3. The Morgan fingerprint density at radius 2 is 1.81 bits per heavy atom. The van der Waals surface area contributed by atoms with E-state index in [2.05, 4.69) is 6.58 Å². The van der Waals surface area contributed by atoms with Crippen molar-refractivity contribution in [2.75, 3.05) is 6.61 Å². The first-order chi connectivity index (χ1) is 15.0. The van der Waals surface area contributed by atoms with Crippen LogP contribution >= 0.6 is 0 Å². The van der Waals surface area contributed by atoms with Crippen LogP contribution < -0.4 is 0 Å². The molecule has 4 unspecified atom stereocenters. The van der Waals surface area contributed by atoms with Gasteiger partial charge in [0, 0.05) is 24.8 Å². The van der Waals surface area contributed by atoms with Crippen molar-refractivity contribution in [3.05, 3.63) is 35.5 Å². The van der Waals surface area contributed by atoms with Crippen LogP contribution in [0, 0.1) is 17.8 Å². The zero-order chi connectivity index (χ0) is 24.0. The summed E-state index contributed by atoms with van der Waals surface area (Å²) in [5, 5.41) is 10.8. The third-order valence-electron chi connectivity index (χ3n) is 5.51. The molecule has 2 rings (SSSR count). The Bertz CT molecular complexity index is 790. The highest BCUT2D eigenvalue weighted by molar-refractivity contribution is 5.91. The van der Waals surface area contributed by atoms with Gasteiger partial charge in [-0.15, -0.1) is 0 Å². The average Bonchev–Trinajstić information content (AvgIpc) is 2.94. The maximum atomic E-state index is 12.5. The first-order valence-corrected chi connectivity index (χ1v) is 11.3. The average molecular weight is 449 g/mol. The van der Waals surface area contributed by atoms with Gasteiger partial charge in [0.1, 0.15) is 18.8 Å². The number of carbonyl (C=O) groups is 3. The largest absolute Gasteiger partial charge is 0.461 e. The number of aliphatic hydroxyl groups is 1. The summed E-state index contributed by atoms with van der Waals surface area (Å²) in [6.07, 6.45) is 2.39. The van der Waals surface area contributed by atoms with Gasteiger partial charge in [0.05, 0.1) is 12.0 Å². The number of aliphatic hydroxyl groups excluding tert-OH is 1. The monoisotopic (exact) mass is 448 g/mol. The molecule has 0 aromatic heterocycles. The van der Waals surface area contributed by atoms with E-state index in [0.29, 0.717) is 18.4 Å². The number of hydrogen-bond acceptors (Lipinski definition) is 7. The normalized spacial score (nSPS) is 26.2. The van der Waals surface area contributed by atoms with Crippen LogP contribution in [-0.2, 0) is 28.6 Å². The van der Waals surface area contributed by atoms with Gasteiger partial charge in [0.2, 0.25) is 0 Å². The zero-order valence-electron chi connectivity index (χ0n) is 19.8. The number of fused-ring (bicyclic) bond motifs is 1. The molecule has 0 amide bonds. The molecule has 1 aliphatic heterocycles. The minimum absolute atomic E-state index is 0.0960. The highest BCUT2D eigenvalue weighted by atomic mass is 16.6. The molecule has 0 aromatic carbocycles. The second-order valence-corrected chi connectivity index (χ2v) is 9.55. The lowest BCUT2D eigenvalue weighted by Crippen LogP contribution is -2.34. The van der Waals surface area contributed by atoms with Gasteiger partial charge in [0.15, 0.2) is 0 Å². The molecule has 7 heteroatoms. The zero-order valence-corrected chi connectivity index (χ0v) is 19.8. The Morgan fingerprint density at radius 3 is 2.44 bits per heavy atom. The van der Waals surface area contributed by atoms with E-state index in [1.807, 2.05) is 40.7 Å². The molecule has 178 valence electrons. The molecule has 0 saturated carbocycles. The topological polar surface area (TPSA) is 99.1 Å². The molecule has 0 aromatic rings. The van der Waals surface area contributed by atoms with E-state index in [1.54, 1.807) is 6.08 Å². The summed E-state index contributed by atoms with van der Waals surface area (Å²) in [5.41, 5.74) is 1.58. The lowest BCUT2D eigenvalue weighted by molar-refractivity contribution is -0.151. The second-order valence-electron chi connectivity index (χ2n) is 9.55. The van der Waals surface area contributed by atoms with Crippen molar-refractivity contribution >= 4 is 17.9 Å². The summed E-state index contributed by atoms with van der Waals surface area (Å²) in [6.45, 7) is 13.3. The molecule has 1 saturated heterocycles. The minimum atomic E-state index is -0.925. The predicted molar refractivity (Wildman–Crippen MR) is 119 cm³/mol. The van der Waals surface area contributed by atoms with Gasteiger partial charge in [-0.05, 0) is 36.8 Å². The quantitative estimate of drug-likeness (QED) is 0.275. The predicted octanol–water partition coefficient (Wildman–Crippen LogP) is 3.66. The van der Waals surface area contributed by atoms with Crippen LogP contribution in [0.1, 0.15) is 60.3 Å². The fraction of sp³-hybridized carbons (Fsp3) is 0.640. The Hall–Kier alpha value is -2.41. The Balaban J connectivity index is 2.40. The van der Waals surface area contributed by atoms with Crippen LogP contribution in [0.15, 0.2) is 35.5 Å². The first-order valence-electron chi connectivity index (χ1n) is 11.3. The van der Waals surface area contributed by atoms with Crippen LogP contribution in [0.4, 0.5) is 0 Å². The van der Waals surface area contributed by atoms with Crippen molar-refractivity contribution in [3.8, 4) is 0 Å². The lowest BCUT2D eigenvalue weighted by Gasteiger charge is -2.28. The molecule has 2 aliphatic rings. The Labute approximate surface area is 190 Å². The van der Waals surface area contributed by atoms with Gasteiger partial charge in [-0.25, -0.2) is 4.79 Å². The van der Waals surface area contributed by atoms with E-state index in [0.717, 1.165) is 5.57 Å². The van der Waals surface area contributed by atoms with E-state index < -0.39 is 36.2 Å². The molecule has 32 heavy (non-hydrogen) atoms. The van der Waals surface area contributed by atoms with Crippen molar-refractivity contribution in [2.24, 2.45) is 17.8 Å². The minimum Gasteiger partial charge on any atom is -0.461 e. The fourth-order valence-corrected chi connectivity index (χ4v) is 3.86. The van der Waals surface area contributed by atoms with Crippen LogP contribution in [0.5, 0.6) is 0 Å². The molecule has 1 aliphatic carbocycles. The Kier molecular flexibility index (Phi) is 9.25. The van der Waals surface area contributed by atoms with E-state index in [4.69, 9.17) is 14.2 Å². The van der Waals surface area contributed by atoms with Crippen LogP contribution in [0.2, 0.25) is 0 Å². The molecule has 0 bridgehead atoms. The van der Waals surface area contributed by atoms with Crippen molar-refractivity contribution in [2.45, 2.75) is 78.6 Å². The lowest BCUT2D eigenvalue weighted by atomic mass is 9.85. The molecule has 0 spiro atoms. The highest BCUT2D eigenvalue weighted by Crippen LogP contribution is 2.36. The summed E-state index contributed by atoms with van der Waals surface area (Å²) in [4.78, 5) is 36.9. The molecule has 1 N–H and O–H groups in total. The van der Waals surface area contributed by atoms with Gasteiger partial charge in [-0.1, -0.05) is 45.9 Å². The second kappa shape index (κ2) is 11.5. The maximum absolute atomic E-state index is 12.5. The molecule has 1 fully saturated rings. The SMILES string of the molecule is C=C1C(=O)OC2CC(C)=CCC(O)C(COC(=O)CC(C)C)=CC(OC(=O)CC(C)C)C12. The van der Waals surface area contributed by atoms with Gasteiger partial charge in [-0.3, -0.25) is 9.59 Å². The van der Waals surface area contributed by atoms with Gasteiger partial charge in [-0.2, -0.15) is 0 Å². The maximum Gasteiger partial charge on any atom is 0.334 e. The molecule has 4 atom stereocenters. The standard InChI is InChI=1S/C25H36O7/c1-14(2)9-22(27)30-13-18-12-21(31-23(28)10-15(3)4)24-17(6)25(29)32-20(24)11-16(5)7-8-19(18)26/h7,12,14-15,19-21,24,26H,6,8-11,13H2,1-5H3. The number of hydrogen-bond donors (Lipinski definition) is 1. The van der Waals surface area contributed by atoms with Gasteiger partial charge >= 0.3 is 17.9 Å². The number of rotatable bonds is 7. The van der Waals surface area contributed by atoms with Crippen LogP contribution in [0.25, 0.3) is 0 Å². The molecular formula is C25H36O7. The fourth-order valence-electron chi connectivity index (χ4n) is 3.86. The van der Waals surface area contributed by atoms with Gasteiger partial charge in [0.25, 0.3) is 0 Å². The van der Waals surface area contributed by atoms with E-state index >= 15 is 0 Å². The van der Waals surface area contributed by atoms with E-state index in [-0.39, 0.29) is 42.8 Å². The number of esters is 3. The van der Waals surface area contributed by atoms with Crippen molar-refractivity contribution in [1.82, 2.24) is 0 Å². The van der Waals surface area contributed by atoms with Crippen molar-refractivity contribution in [1.29, 1.82) is 0 Å². The third-order valence-corrected chi connectivity index (χ3v) is 5.51. The van der Waals surface area contributed by atoms with Crippen molar-refractivity contribution < 1.29 is 33.7 Å². The van der Waals surface area contributed by atoms with Gasteiger partial charge < -0.3 is 19.3 Å². The summed E-state index contributed by atoms with van der Waals surface area (Å²) in [5.74, 6) is -1.65. The number of carbonyl (C=O) groups excluding carboxylic acids is 3. The molecule has 7 nitrogen and oxygen atoms in total. The first kappa shape index (κ1) is 25.8.